The summed E-state index contributed by atoms with van der Waals surface area (Å²) in [7, 11) is 0. The summed E-state index contributed by atoms with van der Waals surface area (Å²) >= 11 is 3.53. The second-order valence-electron chi connectivity index (χ2n) is 3.65. The van der Waals surface area contributed by atoms with Gasteiger partial charge in [0.1, 0.15) is 0 Å². The zero-order valence-electron chi connectivity index (χ0n) is 9.05. The highest BCUT2D eigenvalue weighted by Crippen LogP contribution is 2.25. The number of aromatic nitrogens is 4. The van der Waals surface area contributed by atoms with E-state index in [1.165, 1.54) is 0 Å². The van der Waals surface area contributed by atoms with Gasteiger partial charge in [0.25, 0.3) is 0 Å². The van der Waals surface area contributed by atoms with Crippen molar-refractivity contribution in [3.8, 4) is 5.69 Å². The Morgan fingerprint density at radius 2 is 2.19 bits per heavy atom. The number of hydrogen-bond donors (Lipinski definition) is 1. The minimum Gasteiger partial charge on any atom is -0.321 e. The molecule has 0 aliphatic rings. The molecule has 1 aromatic carbocycles. The van der Waals surface area contributed by atoms with E-state index in [0.717, 1.165) is 15.7 Å². The molecule has 0 aliphatic heterocycles. The Morgan fingerprint density at radius 3 is 2.88 bits per heavy atom. The summed E-state index contributed by atoms with van der Waals surface area (Å²) in [5.41, 5.74) is 7.83. The molecule has 1 unspecified atom stereocenters. The van der Waals surface area contributed by atoms with Crippen molar-refractivity contribution in [1.29, 1.82) is 0 Å². The zero-order valence-corrected chi connectivity index (χ0v) is 10.6. The Labute approximate surface area is 102 Å². The third kappa shape index (κ3) is 1.85. The van der Waals surface area contributed by atoms with E-state index in [1.807, 2.05) is 32.0 Å². The second kappa shape index (κ2) is 4.31. The van der Waals surface area contributed by atoms with Crippen molar-refractivity contribution in [1.82, 2.24) is 20.2 Å². The highest BCUT2D eigenvalue weighted by atomic mass is 79.9. The molecule has 6 heteroatoms. The summed E-state index contributed by atoms with van der Waals surface area (Å²) in [5, 5.41) is 11.5. The first-order valence-corrected chi connectivity index (χ1v) is 5.70. The molecule has 1 aromatic heterocycles. The minimum atomic E-state index is -0.206. The van der Waals surface area contributed by atoms with Crippen LogP contribution < -0.4 is 5.73 Å². The lowest BCUT2D eigenvalue weighted by atomic mass is 10.2. The van der Waals surface area contributed by atoms with Crippen LogP contribution in [-0.2, 0) is 0 Å². The van der Waals surface area contributed by atoms with Crippen molar-refractivity contribution >= 4 is 15.9 Å². The van der Waals surface area contributed by atoms with Gasteiger partial charge in [0, 0.05) is 4.47 Å². The van der Waals surface area contributed by atoms with Crippen molar-refractivity contribution in [2.75, 3.05) is 0 Å². The molecule has 0 radical (unpaired) electrons. The third-order valence-electron chi connectivity index (χ3n) is 2.30. The fourth-order valence-corrected chi connectivity index (χ4v) is 1.88. The molecule has 16 heavy (non-hydrogen) atoms. The third-order valence-corrected chi connectivity index (χ3v) is 3.33. The number of nitrogens with two attached hydrogens (primary N) is 1. The van der Waals surface area contributed by atoms with Crippen molar-refractivity contribution < 1.29 is 0 Å². The van der Waals surface area contributed by atoms with E-state index < -0.39 is 0 Å². The van der Waals surface area contributed by atoms with Crippen LogP contribution in [0.2, 0.25) is 0 Å². The van der Waals surface area contributed by atoms with Gasteiger partial charge in [-0.05, 0) is 51.8 Å². The van der Waals surface area contributed by atoms with Crippen LogP contribution in [0.4, 0.5) is 0 Å². The molecule has 0 saturated carbocycles. The molecule has 0 spiro atoms. The van der Waals surface area contributed by atoms with Crippen LogP contribution in [0.5, 0.6) is 0 Å². The van der Waals surface area contributed by atoms with Crippen LogP contribution in [0, 0.1) is 6.92 Å². The van der Waals surface area contributed by atoms with E-state index in [0.29, 0.717) is 5.82 Å². The maximum absolute atomic E-state index is 5.81. The maximum atomic E-state index is 5.81. The molecule has 84 valence electrons. The predicted molar refractivity (Wildman–Crippen MR) is 64.2 cm³/mol. The highest BCUT2D eigenvalue weighted by Gasteiger charge is 2.14. The lowest BCUT2D eigenvalue weighted by molar-refractivity contribution is 0.687. The Bertz CT molecular complexity index is 506. The fourth-order valence-electron chi connectivity index (χ4n) is 1.45. The van der Waals surface area contributed by atoms with E-state index in [1.54, 1.807) is 4.68 Å². The number of benzene rings is 1. The standard InChI is InChI=1S/C10H12BrN5/c1-6-4-3-5-8(9(6)11)16-10(7(2)12)13-14-15-16/h3-5,7H,12H2,1-2H3. The van der Waals surface area contributed by atoms with E-state index in [-0.39, 0.29) is 6.04 Å². The maximum Gasteiger partial charge on any atom is 0.173 e. The summed E-state index contributed by atoms with van der Waals surface area (Å²) in [6, 6.07) is 5.72. The zero-order chi connectivity index (χ0) is 11.7. The first-order valence-electron chi connectivity index (χ1n) is 4.90. The molecular formula is C10H12BrN5. The molecule has 0 amide bonds. The predicted octanol–water partition coefficient (Wildman–Crippen LogP) is 1.75. The first kappa shape index (κ1) is 11.2. The minimum absolute atomic E-state index is 0.206. The Hall–Kier alpha value is -1.27. The van der Waals surface area contributed by atoms with Gasteiger partial charge in [-0.25, -0.2) is 0 Å². The summed E-state index contributed by atoms with van der Waals surface area (Å²) < 4.78 is 2.63. The molecule has 0 bridgehead atoms. The van der Waals surface area contributed by atoms with Crippen molar-refractivity contribution in [2.45, 2.75) is 19.9 Å². The summed E-state index contributed by atoms with van der Waals surface area (Å²) in [4.78, 5) is 0. The second-order valence-corrected chi connectivity index (χ2v) is 4.44. The number of nitrogens with zero attached hydrogens (tertiary/aromatic N) is 4. The number of aryl methyl sites for hydroxylation is 1. The van der Waals surface area contributed by atoms with Crippen LogP contribution >= 0.6 is 15.9 Å². The van der Waals surface area contributed by atoms with E-state index in [9.17, 15) is 0 Å². The summed E-state index contributed by atoms with van der Waals surface area (Å²) in [5.74, 6) is 0.645. The molecule has 2 N–H and O–H groups in total. The van der Waals surface area contributed by atoms with Crippen LogP contribution in [0.3, 0.4) is 0 Å². The monoisotopic (exact) mass is 281 g/mol. The van der Waals surface area contributed by atoms with E-state index in [2.05, 4.69) is 31.5 Å². The van der Waals surface area contributed by atoms with Crippen LogP contribution in [0.25, 0.3) is 5.69 Å². The number of tetrazole rings is 1. The normalized spacial score (nSPS) is 12.8. The Morgan fingerprint density at radius 1 is 1.44 bits per heavy atom. The summed E-state index contributed by atoms with van der Waals surface area (Å²) in [6.45, 7) is 3.87. The van der Waals surface area contributed by atoms with Crippen LogP contribution in [0.1, 0.15) is 24.4 Å². The molecule has 1 atom stereocenters. The summed E-state index contributed by atoms with van der Waals surface area (Å²) in [6.07, 6.45) is 0. The van der Waals surface area contributed by atoms with Gasteiger partial charge in [-0.3, -0.25) is 0 Å². The van der Waals surface area contributed by atoms with Crippen molar-refractivity contribution in [2.24, 2.45) is 5.73 Å². The van der Waals surface area contributed by atoms with Gasteiger partial charge in [0.15, 0.2) is 5.82 Å². The fraction of sp³-hybridized carbons (Fsp3) is 0.300. The molecule has 5 nitrogen and oxygen atoms in total. The Balaban J connectivity index is 2.59. The quantitative estimate of drug-likeness (QED) is 0.911. The lowest BCUT2D eigenvalue weighted by Crippen LogP contribution is -2.13. The van der Waals surface area contributed by atoms with Crippen molar-refractivity contribution in [3.05, 3.63) is 34.1 Å². The van der Waals surface area contributed by atoms with E-state index in [4.69, 9.17) is 5.73 Å². The average Bonchev–Trinajstić information content (AvgIpc) is 2.70. The largest absolute Gasteiger partial charge is 0.321 e. The topological polar surface area (TPSA) is 69.6 Å². The molecule has 1 heterocycles. The number of rotatable bonds is 2. The van der Waals surface area contributed by atoms with Crippen LogP contribution in [0.15, 0.2) is 22.7 Å². The van der Waals surface area contributed by atoms with Gasteiger partial charge in [-0.2, -0.15) is 4.68 Å². The van der Waals surface area contributed by atoms with Crippen molar-refractivity contribution in [3.63, 3.8) is 0 Å². The SMILES string of the molecule is Cc1cccc(-n2nnnc2C(C)N)c1Br. The van der Waals surface area contributed by atoms with Gasteiger partial charge in [0.2, 0.25) is 0 Å². The molecular weight excluding hydrogens is 270 g/mol. The van der Waals surface area contributed by atoms with Gasteiger partial charge in [0.05, 0.1) is 11.7 Å². The van der Waals surface area contributed by atoms with Crippen LogP contribution in [-0.4, -0.2) is 20.2 Å². The smallest absolute Gasteiger partial charge is 0.173 e. The molecule has 0 saturated heterocycles. The lowest BCUT2D eigenvalue weighted by Gasteiger charge is -2.09. The average molecular weight is 282 g/mol. The molecule has 2 rings (SSSR count). The molecule has 0 fully saturated rings. The Kier molecular flexibility index (Phi) is 3.02. The molecule has 0 aliphatic carbocycles. The van der Waals surface area contributed by atoms with Gasteiger partial charge < -0.3 is 5.73 Å². The first-order chi connectivity index (χ1) is 7.61. The number of halogens is 1. The van der Waals surface area contributed by atoms with Gasteiger partial charge in [-0.1, -0.05) is 12.1 Å². The number of hydrogen-bond acceptors (Lipinski definition) is 4. The van der Waals surface area contributed by atoms with Gasteiger partial charge >= 0.3 is 0 Å². The molecule has 2 aromatic rings. The van der Waals surface area contributed by atoms with Gasteiger partial charge in [-0.15, -0.1) is 5.10 Å². The van der Waals surface area contributed by atoms with E-state index >= 15 is 0 Å². The highest BCUT2D eigenvalue weighted by molar-refractivity contribution is 9.10.